The Kier molecular flexibility index (Phi) is 4.35. The second-order valence-electron chi connectivity index (χ2n) is 5.69. The van der Waals surface area contributed by atoms with Gasteiger partial charge in [0.25, 0.3) is 0 Å². The lowest BCUT2D eigenvalue weighted by Crippen LogP contribution is -2.51. The highest BCUT2D eigenvalue weighted by atomic mass is 19.4. The molecule has 1 aliphatic rings. The topological polar surface area (TPSA) is 58.7 Å². The van der Waals surface area contributed by atoms with Crippen LogP contribution in [-0.2, 0) is 11.3 Å². The molecule has 1 fully saturated rings. The van der Waals surface area contributed by atoms with Crippen molar-refractivity contribution in [2.24, 2.45) is 0 Å². The Bertz CT molecular complexity index is 788. The first-order valence-electron chi connectivity index (χ1n) is 7.49. The third-order valence-electron chi connectivity index (χ3n) is 3.99. The molecule has 9 heteroatoms. The van der Waals surface area contributed by atoms with Crippen LogP contribution in [0.4, 0.5) is 13.2 Å². The van der Waals surface area contributed by atoms with E-state index in [4.69, 9.17) is 4.42 Å². The average Bonchev–Trinajstić information content (AvgIpc) is 2.82. The summed E-state index contributed by atoms with van der Waals surface area (Å²) in [5, 5.41) is 0. The zero-order valence-corrected chi connectivity index (χ0v) is 12.8. The van der Waals surface area contributed by atoms with Crippen molar-refractivity contribution in [3.8, 4) is 0 Å². The number of alkyl halides is 3. The number of rotatable bonds is 3. The Hall–Kier alpha value is -2.29. The summed E-state index contributed by atoms with van der Waals surface area (Å²) in [6.45, 7) is -0.423. The summed E-state index contributed by atoms with van der Waals surface area (Å²) in [4.78, 5) is 26.9. The van der Waals surface area contributed by atoms with Crippen molar-refractivity contribution >= 4 is 17.0 Å². The molecular formula is C15H16F3N3O3. The quantitative estimate of drug-likeness (QED) is 0.843. The van der Waals surface area contributed by atoms with E-state index in [-0.39, 0.29) is 38.6 Å². The van der Waals surface area contributed by atoms with Gasteiger partial charge in [0.1, 0.15) is 6.54 Å². The number of aromatic nitrogens is 1. The smallest absolute Gasteiger partial charge is 0.408 e. The van der Waals surface area contributed by atoms with E-state index in [0.717, 1.165) is 0 Å². The van der Waals surface area contributed by atoms with Gasteiger partial charge in [-0.3, -0.25) is 14.3 Å². The summed E-state index contributed by atoms with van der Waals surface area (Å²) in [5.41, 5.74) is 0.914. The molecule has 0 unspecified atom stereocenters. The van der Waals surface area contributed by atoms with Gasteiger partial charge in [0.05, 0.1) is 12.1 Å². The fourth-order valence-corrected chi connectivity index (χ4v) is 2.81. The molecular weight excluding hydrogens is 327 g/mol. The molecule has 0 saturated carbocycles. The summed E-state index contributed by atoms with van der Waals surface area (Å²) < 4.78 is 43.4. The summed E-state index contributed by atoms with van der Waals surface area (Å²) in [7, 11) is 0. The standard InChI is InChI=1S/C15H16F3N3O3/c16-15(17,18)10-19-5-7-20(8-6-19)13(22)9-21-11-3-1-2-4-12(11)24-14(21)23/h1-4H,5-10H2. The van der Waals surface area contributed by atoms with Crippen LogP contribution in [0.3, 0.4) is 0 Å². The number of piperazine rings is 1. The lowest BCUT2D eigenvalue weighted by Gasteiger charge is -2.35. The van der Waals surface area contributed by atoms with Gasteiger partial charge < -0.3 is 9.32 Å². The number of carbonyl (C=O) groups is 1. The van der Waals surface area contributed by atoms with Crippen LogP contribution in [0.25, 0.3) is 11.1 Å². The molecule has 24 heavy (non-hydrogen) atoms. The average molecular weight is 343 g/mol. The fraction of sp³-hybridized carbons (Fsp3) is 0.467. The highest BCUT2D eigenvalue weighted by molar-refractivity contribution is 5.79. The Labute approximate surface area is 135 Å². The number of fused-ring (bicyclic) bond motifs is 1. The summed E-state index contributed by atoms with van der Waals surface area (Å²) in [5.74, 6) is -0.935. The van der Waals surface area contributed by atoms with E-state index >= 15 is 0 Å². The van der Waals surface area contributed by atoms with Gasteiger partial charge in [-0.2, -0.15) is 13.2 Å². The summed E-state index contributed by atoms with van der Waals surface area (Å²) in [6.07, 6.45) is -4.24. The zero-order chi connectivity index (χ0) is 17.3. The third-order valence-corrected chi connectivity index (χ3v) is 3.99. The second-order valence-corrected chi connectivity index (χ2v) is 5.69. The molecule has 0 bridgehead atoms. The molecule has 0 aliphatic carbocycles. The molecule has 0 N–H and O–H groups in total. The van der Waals surface area contributed by atoms with Gasteiger partial charge in [-0.05, 0) is 12.1 Å². The van der Waals surface area contributed by atoms with E-state index < -0.39 is 18.5 Å². The van der Waals surface area contributed by atoms with E-state index in [9.17, 15) is 22.8 Å². The molecule has 2 aromatic rings. The van der Waals surface area contributed by atoms with Crippen molar-refractivity contribution in [2.45, 2.75) is 12.7 Å². The van der Waals surface area contributed by atoms with Crippen LogP contribution >= 0.6 is 0 Å². The van der Waals surface area contributed by atoms with E-state index in [1.54, 1.807) is 24.3 Å². The van der Waals surface area contributed by atoms with Crippen LogP contribution in [0.2, 0.25) is 0 Å². The first kappa shape index (κ1) is 16.6. The lowest BCUT2D eigenvalue weighted by molar-refractivity contribution is -0.151. The van der Waals surface area contributed by atoms with Crippen molar-refractivity contribution < 1.29 is 22.4 Å². The number of nitrogens with zero attached hydrogens (tertiary/aromatic N) is 3. The van der Waals surface area contributed by atoms with Gasteiger partial charge in [0, 0.05) is 26.2 Å². The number of para-hydroxylation sites is 2. The minimum atomic E-state index is -4.24. The second kappa shape index (κ2) is 6.31. The predicted molar refractivity (Wildman–Crippen MR) is 79.5 cm³/mol. The Morgan fingerprint density at radius 1 is 1.12 bits per heavy atom. The number of hydrogen-bond acceptors (Lipinski definition) is 4. The molecule has 0 atom stereocenters. The van der Waals surface area contributed by atoms with E-state index in [1.165, 1.54) is 14.4 Å². The first-order valence-corrected chi connectivity index (χ1v) is 7.49. The van der Waals surface area contributed by atoms with Gasteiger partial charge in [-0.1, -0.05) is 12.1 Å². The molecule has 0 radical (unpaired) electrons. The number of halogens is 3. The van der Waals surface area contributed by atoms with Crippen molar-refractivity contribution in [3.63, 3.8) is 0 Å². The van der Waals surface area contributed by atoms with Crippen LogP contribution in [-0.4, -0.2) is 59.2 Å². The fourth-order valence-electron chi connectivity index (χ4n) is 2.81. The van der Waals surface area contributed by atoms with Crippen LogP contribution in [0.1, 0.15) is 0 Å². The molecule has 1 aromatic carbocycles. The van der Waals surface area contributed by atoms with Crippen LogP contribution in [0, 0.1) is 0 Å². The highest BCUT2D eigenvalue weighted by Gasteiger charge is 2.33. The van der Waals surface area contributed by atoms with Crippen molar-refractivity contribution in [3.05, 3.63) is 34.8 Å². The highest BCUT2D eigenvalue weighted by Crippen LogP contribution is 2.18. The third kappa shape index (κ3) is 3.61. The van der Waals surface area contributed by atoms with Gasteiger partial charge >= 0.3 is 11.9 Å². The minimum absolute atomic E-state index is 0.159. The Morgan fingerprint density at radius 2 is 1.79 bits per heavy atom. The SMILES string of the molecule is O=C(Cn1c(=O)oc2ccccc21)N1CCN(CC(F)(F)F)CC1. The van der Waals surface area contributed by atoms with Gasteiger partial charge in [0.2, 0.25) is 5.91 Å². The molecule has 1 aliphatic heterocycles. The Morgan fingerprint density at radius 3 is 2.46 bits per heavy atom. The number of benzene rings is 1. The first-order chi connectivity index (χ1) is 11.3. The predicted octanol–water partition coefficient (Wildman–Crippen LogP) is 1.30. The molecule has 3 rings (SSSR count). The maximum atomic E-state index is 12.4. The monoisotopic (exact) mass is 343 g/mol. The summed E-state index contributed by atoms with van der Waals surface area (Å²) in [6, 6.07) is 6.76. The minimum Gasteiger partial charge on any atom is -0.408 e. The number of amides is 1. The van der Waals surface area contributed by atoms with Crippen molar-refractivity contribution in [1.82, 2.24) is 14.4 Å². The number of hydrogen-bond donors (Lipinski definition) is 0. The molecule has 2 heterocycles. The van der Waals surface area contributed by atoms with Gasteiger partial charge in [0.15, 0.2) is 5.58 Å². The van der Waals surface area contributed by atoms with E-state index in [2.05, 4.69) is 0 Å². The largest absolute Gasteiger partial charge is 0.420 e. The van der Waals surface area contributed by atoms with Crippen LogP contribution < -0.4 is 5.76 Å². The maximum absolute atomic E-state index is 12.4. The van der Waals surface area contributed by atoms with Crippen molar-refractivity contribution in [2.75, 3.05) is 32.7 Å². The molecule has 1 amide bonds. The van der Waals surface area contributed by atoms with E-state index in [0.29, 0.717) is 11.1 Å². The normalized spacial score (nSPS) is 16.7. The molecule has 1 aromatic heterocycles. The van der Waals surface area contributed by atoms with Crippen LogP contribution in [0.15, 0.2) is 33.5 Å². The number of oxazole rings is 1. The molecule has 6 nitrogen and oxygen atoms in total. The van der Waals surface area contributed by atoms with Gasteiger partial charge in [-0.25, -0.2) is 4.79 Å². The summed E-state index contributed by atoms with van der Waals surface area (Å²) >= 11 is 0. The molecule has 130 valence electrons. The number of carbonyl (C=O) groups excluding carboxylic acids is 1. The molecule has 1 saturated heterocycles. The van der Waals surface area contributed by atoms with Gasteiger partial charge in [-0.15, -0.1) is 0 Å². The van der Waals surface area contributed by atoms with Crippen molar-refractivity contribution in [1.29, 1.82) is 0 Å². The lowest BCUT2D eigenvalue weighted by atomic mass is 10.3. The molecule has 0 spiro atoms. The van der Waals surface area contributed by atoms with E-state index in [1.807, 2.05) is 0 Å². The zero-order valence-electron chi connectivity index (χ0n) is 12.8. The van der Waals surface area contributed by atoms with Crippen LogP contribution in [0.5, 0.6) is 0 Å². The Balaban J connectivity index is 1.64. The maximum Gasteiger partial charge on any atom is 0.420 e.